The van der Waals surface area contributed by atoms with Crippen LogP contribution < -0.4 is 20.9 Å². The first-order chi connectivity index (χ1) is 20.7. The van der Waals surface area contributed by atoms with Crippen molar-refractivity contribution < 1.29 is 13.5 Å². The lowest BCUT2D eigenvalue weighted by atomic mass is 9.45. The summed E-state index contributed by atoms with van der Waals surface area (Å²) in [4.78, 5) is 25.3. The van der Waals surface area contributed by atoms with Crippen LogP contribution in [0.25, 0.3) is 10.9 Å². The van der Waals surface area contributed by atoms with Crippen LogP contribution in [0.2, 0.25) is 0 Å². The Balaban J connectivity index is 1.23. The maximum atomic E-state index is 14.4. The molecule has 1 aliphatic heterocycles. The largest absolute Gasteiger partial charge is 0.497 e. The van der Waals surface area contributed by atoms with E-state index in [1.807, 2.05) is 12.1 Å². The second kappa shape index (κ2) is 11.9. The number of rotatable bonds is 7. The number of hydrogen-bond acceptors (Lipinski definition) is 5. The molecule has 0 spiro atoms. The number of halogens is 2. The number of aliphatic imine (C=N–C) groups is 1. The molecule has 1 aromatic heterocycles. The van der Waals surface area contributed by atoms with E-state index >= 15 is 0 Å². The lowest BCUT2D eigenvalue weighted by molar-refractivity contribution is -0.108. The Hall–Kier alpha value is -3.53. The fourth-order valence-electron chi connectivity index (χ4n) is 7.39. The van der Waals surface area contributed by atoms with E-state index in [-0.39, 0.29) is 23.5 Å². The molecular weight excluding hydrogens is 550 g/mol. The summed E-state index contributed by atoms with van der Waals surface area (Å²) in [6, 6.07) is 10.2. The van der Waals surface area contributed by atoms with Crippen molar-refractivity contribution in [1.82, 2.24) is 19.8 Å². The van der Waals surface area contributed by atoms with Gasteiger partial charge in [-0.15, -0.1) is 0 Å². The molecule has 2 heterocycles. The van der Waals surface area contributed by atoms with Gasteiger partial charge in [-0.25, -0.2) is 18.8 Å². The number of alkyl halides is 1. The fourth-order valence-corrected chi connectivity index (χ4v) is 7.39. The van der Waals surface area contributed by atoms with Gasteiger partial charge in [-0.05, 0) is 72.3 Å². The number of aryl methyl sites for hydroxylation is 2. The molecule has 8 nitrogen and oxygen atoms in total. The Morgan fingerprint density at radius 3 is 2.79 bits per heavy atom. The second-order valence-electron chi connectivity index (χ2n) is 13.0. The van der Waals surface area contributed by atoms with E-state index in [1.165, 1.54) is 30.5 Å². The highest BCUT2D eigenvalue weighted by Gasteiger charge is 2.56. The van der Waals surface area contributed by atoms with Gasteiger partial charge in [0.15, 0.2) is 5.96 Å². The number of aromatic nitrogens is 2. The molecule has 3 aromatic rings. The van der Waals surface area contributed by atoms with Crippen LogP contribution in [0.3, 0.4) is 0 Å². The van der Waals surface area contributed by atoms with Crippen LogP contribution in [0.1, 0.15) is 39.2 Å². The molecule has 43 heavy (non-hydrogen) atoms. The zero-order valence-corrected chi connectivity index (χ0v) is 25.4. The molecule has 2 aromatic carbocycles. The molecule has 3 saturated carbocycles. The van der Waals surface area contributed by atoms with Crippen molar-refractivity contribution in [2.45, 2.75) is 58.7 Å². The minimum atomic E-state index is -0.431. The van der Waals surface area contributed by atoms with Crippen molar-refractivity contribution in [2.24, 2.45) is 28.2 Å². The smallest absolute Gasteiger partial charge is 0.261 e. The van der Waals surface area contributed by atoms with E-state index in [4.69, 9.17) is 9.73 Å². The van der Waals surface area contributed by atoms with Crippen LogP contribution in [0.5, 0.6) is 5.75 Å². The quantitative estimate of drug-likeness (QED) is 0.301. The number of anilines is 1. The van der Waals surface area contributed by atoms with Crippen LogP contribution in [0.4, 0.5) is 14.5 Å². The summed E-state index contributed by atoms with van der Waals surface area (Å²) in [6.07, 6.45) is 4.22. The summed E-state index contributed by atoms with van der Waals surface area (Å²) in [5.74, 6) is 2.66. The molecule has 0 radical (unpaired) electrons. The van der Waals surface area contributed by atoms with Gasteiger partial charge in [0.05, 0.1) is 36.4 Å². The van der Waals surface area contributed by atoms with Gasteiger partial charge < -0.3 is 20.3 Å². The Morgan fingerprint density at radius 1 is 1.23 bits per heavy atom. The van der Waals surface area contributed by atoms with Crippen LogP contribution in [-0.2, 0) is 13.0 Å². The second-order valence-corrected chi connectivity index (χ2v) is 13.0. The summed E-state index contributed by atoms with van der Waals surface area (Å²) < 4.78 is 34.6. The maximum absolute atomic E-state index is 14.4. The molecule has 3 aliphatic carbocycles. The minimum absolute atomic E-state index is 0.176. The average molecular weight is 593 g/mol. The summed E-state index contributed by atoms with van der Waals surface area (Å²) in [6.45, 7) is 8.92. The zero-order chi connectivity index (χ0) is 30.3. The van der Waals surface area contributed by atoms with Gasteiger partial charge in [-0.2, -0.15) is 0 Å². The van der Waals surface area contributed by atoms with E-state index in [0.717, 1.165) is 24.6 Å². The normalized spacial score (nSPS) is 26.7. The Labute approximate surface area is 251 Å². The lowest BCUT2D eigenvalue weighted by Crippen LogP contribution is -2.58. The molecule has 0 amide bonds. The van der Waals surface area contributed by atoms with Crippen LogP contribution >= 0.6 is 0 Å². The van der Waals surface area contributed by atoms with E-state index < -0.39 is 6.67 Å². The standard InChI is InChI=1S/C33H42F2N6O2/c1-20-27-13-22(33(27,2)3)14-29(20)39-32(40-12-10-36-24(17-34)18-40)38-23-6-8-26-30(15-23)37-19-41(31(26)42)11-9-21-5-7-25(43-4)16-28(21)35/h5-8,15-16,19-20,22,24,27,29,36H,9-14,17-18H2,1-4H3,(H,38,39)/t20-,22+,24-,27+,29-/m0/s1. The summed E-state index contributed by atoms with van der Waals surface area (Å²) in [5.41, 5.74) is 2.05. The molecule has 0 unspecified atom stereocenters. The predicted molar refractivity (Wildman–Crippen MR) is 166 cm³/mol. The van der Waals surface area contributed by atoms with Gasteiger partial charge in [-0.3, -0.25) is 9.36 Å². The molecule has 2 N–H and O–H groups in total. The van der Waals surface area contributed by atoms with Crippen molar-refractivity contribution >= 4 is 22.5 Å². The van der Waals surface area contributed by atoms with Gasteiger partial charge in [-0.1, -0.05) is 26.8 Å². The number of nitrogens with zero attached hydrogens (tertiary/aromatic N) is 4. The number of nitrogens with one attached hydrogen (secondary N) is 2. The molecule has 230 valence electrons. The molecule has 1 saturated heterocycles. The van der Waals surface area contributed by atoms with E-state index in [0.29, 0.717) is 71.4 Å². The van der Waals surface area contributed by atoms with Crippen molar-refractivity contribution in [3.63, 3.8) is 0 Å². The number of methoxy groups -OCH3 is 1. The van der Waals surface area contributed by atoms with Crippen molar-refractivity contribution in [2.75, 3.05) is 38.7 Å². The Bertz CT molecular complexity index is 1570. The molecule has 4 aliphatic rings. The first-order valence-corrected chi connectivity index (χ1v) is 15.4. The highest BCUT2D eigenvalue weighted by molar-refractivity contribution is 5.96. The lowest BCUT2D eigenvalue weighted by Gasteiger charge is -2.61. The number of piperazine rings is 1. The molecule has 4 fully saturated rings. The Kier molecular flexibility index (Phi) is 8.15. The molecule has 2 bridgehead atoms. The van der Waals surface area contributed by atoms with Crippen LogP contribution in [-0.4, -0.2) is 65.9 Å². The summed E-state index contributed by atoms with van der Waals surface area (Å²) >= 11 is 0. The number of benzene rings is 2. The van der Waals surface area contributed by atoms with Gasteiger partial charge in [0.1, 0.15) is 18.2 Å². The van der Waals surface area contributed by atoms with E-state index in [1.54, 1.807) is 18.2 Å². The Morgan fingerprint density at radius 2 is 2.07 bits per heavy atom. The highest BCUT2D eigenvalue weighted by atomic mass is 19.1. The van der Waals surface area contributed by atoms with Crippen molar-refractivity contribution in [3.8, 4) is 5.75 Å². The fraction of sp³-hybridized carbons (Fsp3) is 0.545. The third-order valence-electron chi connectivity index (χ3n) is 10.3. The van der Waals surface area contributed by atoms with Crippen LogP contribution in [0.15, 0.2) is 52.5 Å². The number of fused-ring (bicyclic) bond motifs is 3. The van der Waals surface area contributed by atoms with Gasteiger partial charge in [0.25, 0.3) is 5.56 Å². The highest BCUT2D eigenvalue weighted by Crippen LogP contribution is 2.61. The predicted octanol–water partition coefficient (Wildman–Crippen LogP) is 4.87. The molecule has 5 atom stereocenters. The van der Waals surface area contributed by atoms with Crippen LogP contribution in [0, 0.1) is 29.0 Å². The monoisotopic (exact) mass is 592 g/mol. The third kappa shape index (κ3) is 5.73. The van der Waals surface area contributed by atoms with E-state index in [9.17, 15) is 13.6 Å². The van der Waals surface area contributed by atoms with E-state index in [2.05, 4.69) is 41.3 Å². The third-order valence-corrected chi connectivity index (χ3v) is 10.3. The number of hydrogen-bond donors (Lipinski definition) is 2. The molecular formula is C33H42F2N6O2. The first kappa shape index (κ1) is 29.5. The average Bonchev–Trinajstić information content (AvgIpc) is 3.01. The first-order valence-electron chi connectivity index (χ1n) is 15.4. The maximum Gasteiger partial charge on any atom is 0.261 e. The number of ether oxygens (including phenoxy) is 1. The van der Waals surface area contributed by atoms with Gasteiger partial charge in [0, 0.05) is 37.9 Å². The molecule has 7 rings (SSSR count). The minimum Gasteiger partial charge on any atom is -0.497 e. The SMILES string of the molecule is COc1ccc(CCn2cnc3cc(NC(=N[C@H]4C[C@H]5C[C@H]([C@@H]4C)C5(C)C)N4CCN[C@@H](CF)C4)ccc3c2=O)c(F)c1. The van der Waals surface area contributed by atoms with Crippen molar-refractivity contribution in [3.05, 3.63) is 64.5 Å². The zero-order valence-electron chi connectivity index (χ0n) is 25.4. The summed E-state index contributed by atoms with van der Waals surface area (Å²) in [7, 11) is 1.50. The van der Waals surface area contributed by atoms with Crippen molar-refractivity contribution in [1.29, 1.82) is 0 Å². The van der Waals surface area contributed by atoms with Gasteiger partial charge in [0.2, 0.25) is 0 Å². The number of guanidine groups is 1. The topological polar surface area (TPSA) is 83.8 Å². The van der Waals surface area contributed by atoms with Gasteiger partial charge >= 0.3 is 0 Å². The summed E-state index contributed by atoms with van der Waals surface area (Å²) in [5, 5.41) is 7.26. The molecule has 10 heteroatoms.